The second-order valence-electron chi connectivity index (χ2n) is 4.88. The molecule has 98 valence electrons. The van der Waals surface area contributed by atoms with Crippen molar-refractivity contribution >= 4 is 50.1 Å². The van der Waals surface area contributed by atoms with E-state index in [0.29, 0.717) is 6.42 Å². The third-order valence-corrected chi connectivity index (χ3v) is 5.34. The summed E-state index contributed by atoms with van der Waals surface area (Å²) < 4.78 is 0. The monoisotopic (exact) mass is 337 g/mol. The summed E-state index contributed by atoms with van der Waals surface area (Å²) in [5.41, 5.74) is 2.20. The zero-order valence-electron chi connectivity index (χ0n) is 10.2. The van der Waals surface area contributed by atoms with Crippen LogP contribution in [-0.2, 0) is 4.79 Å². The molecule has 3 heterocycles. The predicted octanol–water partition coefficient (Wildman–Crippen LogP) is 2.47. The standard InChI is InChI=1S/C13H12BrN3OS/c14-8-5-12(18)17(7-8)9-1-2-11-10(6-9)16-4-3-15-13(16)19-11/h1-2,6,8H,3-5,7H2. The molecule has 0 saturated carbocycles. The first-order valence-electron chi connectivity index (χ1n) is 6.31. The third kappa shape index (κ3) is 1.80. The highest BCUT2D eigenvalue weighted by atomic mass is 79.9. The van der Waals surface area contributed by atoms with Crippen molar-refractivity contribution in [3.8, 4) is 0 Å². The van der Waals surface area contributed by atoms with Gasteiger partial charge in [0.1, 0.15) is 0 Å². The van der Waals surface area contributed by atoms with Gasteiger partial charge < -0.3 is 9.80 Å². The molecule has 1 fully saturated rings. The van der Waals surface area contributed by atoms with Gasteiger partial charge in [0.25, 0.3) is 0 Å². The number of carbonyl (C=O) groups is 1. The molecular formula is C13H12BrN3OS. The molecule has 1 unspecified atom stereocenters. The molecule has 19 heavy (non-hydrogen) atoms. The number of hydrogen-bond acceptors (Lipinski definition) is 4. The Kier molecular flexibility index (Phi) is 2.63. The Labute approximate surface area is 124 Å². The van der Waals surface area contributed by atoms with Crippen LogP contribution < -0.4 is 9.80 Å². The van der Waals surface area contributed by atoms with Crippen LogP contribution in [0.3, 0.4) is 0 Å². The first-order chi connectivity index (χ1) is 9.22. The van der Waals surface area contributed by atoms with E-state index in [9.17, 15) is 4.79 Å². The lowest BCUT2D eigenvalue weighted by Crippen LogP contribution is -2.25. The lowest BCUT2D eigenvalue weighted by atomic mass is 10.2. The largest absolute Gasteiger partial charge is 0.318 e. The summed E-state index contributed by atoms with van der Waals surface area (Å²) in [7, 11) is 0. The Balaban J connectivity index is 1.71. The molecule has 0 N–H and O–H groups in total. The summed E-state index contributed by atoms with van der Waals surface area (Å²) in [5.74, 6) is 0.197. The zero-order chi connectivity index (χ0) is 13.0. The van der Waals surface area contributed by atoms with Crippen molar-refractivity contribution < 1.29 is 4.79 Å². The molecule has 4 rings (SSSR count). The van der Waals surface area contributed by atoms with E-state index in [0.717, 1.165) is 30.5 Å². The van der Waals surface area contributed by atoms with E-state index in [1.165, 1.54) is 10.6 Å². The normalized spacial score (nSPS) is 24.8. The zero-order valence-corrected chi connectivity index (χ0v) is 12.6. The number of anilines is 2. The lowest BCUT2D eigenvalue weighted by Gasteiger charge is -2.19. The number of rotatable bonds is 1. The van der Waals surface area contributed by atoms with Crippen LogP contribution in [0, 0.1) is 0 Å². The summed E-state index contributed by atoms with van der Waals surface area (Å²) in [6, 6.07) is 6.27. The second kappa shape index (κ2) is 4.24. The number of amidine groups is 1. The van der Waals surface area contributed by atoms with Crippen molar-refractivity contribution in [1.82, 2.24) is 0 Å². The SMILES string of the molecule is O=C1CC(Br)CN1c1ccc2c(c1)N1CCN=C1S2. The average Bonchev–Trinajstić information content (AvgIpc) is 3.03. The molecule has 1 amide bonds. The van der Waals surface area contributed by atoms with Gasteiger partial charge in [-0.2, -0.15) is 0 Å². The summed E-state index contributed by atoms with van der Waals surface area (Å²) in [6.07, 6.45) is 0.586. The molecule has 0 aliphatic carbocycles. The fourth-order valence-electron chi connectivity index (χ4n) is 2.72. The van der Waals surface area contributed by atoms with Gasteiger partial charge in [-0.15, -0.1) is 0 Å². The number of aliphatic imine (C=N–C) groups is 1. The first-order valence-corrected chi connectivity index (χ1v) is 8.04. The van der Waals surface area contributed by atoms with Gasteiger partial charge in [-0.25, -0.2) is 0 Å². The van der Waals surface area contributed by atoms with Crippen molar-refractivity contribution in [2.24, 2.45) is 4.99 Å². The summed E-state index contributed by atoms with van der Waals surface area (Å²) in [5, 5.41) is 1.10. The molecule has 3 aliphatic rings. The van der Waals surface area contributed by atoms with Gasteiger partial charge in [-0.05, 0) is 30.0 Å². The number of fused-ring (bicyclic) bond motifs is 3. The van der Waals surface area contributed by atoms with Crippen LogP contribution in [0.25, 0.3) is 0 Å². The first kappa shape index (κ1) is 11.8. The highest BCUT2D eigenvalue weighted by Gasteiger charge is 2.33. The molecule has 1 aromatic rings. The molecule has 1 atom stereocenters. The number of carbonyl (C=O) groups excluding carboxylic acids is 1. The highest BCUT2D eigenvalue weighted by molar-refractivity contribution is 9.09. The maximum absolute atomic E-state index is 12.0. The van der Waals surface area contributed by atoms with Crippen LogP contribution in [0.2, 0.25) is 0 Å². The van der Waals surface area contributed by atoms with Crippen molar-refractivity contribution in [3.63, 3.8) is 0 Å². The summed E-state index contributed by atoms with van der Waals surface area (Å²) >= 11 is 5.25. The van der Waals surface area contributed by atoms with E-state index in [1.807, 2.05) is 11.0 Å². The lowest BCUT2D eigenvalue weighted by molar-refractivity contribution is -0.117. The van der Waals surface area contributed by atoms with Crippen molar-refractivity contribution in [3.05, 3.63) is 18.2 Å². The number of nitrogens with zero attached hydrogens (tertiary/aromatic N) is 3. The molecular weight excluding hydrogens is 326 g/mol. The quantitative estimate of drug-likeness (QED) is 0.738. The minimum absolute atomic E-state index is 0.197. The molecule has 6 heteroatoms. The van der Waals surface area contributed by atoms with Crippen molar-refractivity contribution in [2.45, 2.75) is 16.1 Å². The molecule has 1 saturated heterocycles. The van der Waals surface area contributed by atoms with Crippen LogP contribution in [-0.4, -0.2) is 35.5 Å². The molecule has 0 spiro atoms. The fourth-order valence-corrected chi connectivity index (χ4v) is 4.35. The Bertz CT molecular complexity index is 604. The molecule has 1 aromatic carbocycles. The van der Waals surface area contributed by atoms with E-state index in [2.05, 4.69) is 38.0 Å². The van der Waals surface area contributed by atoms with Gasteiger partial charge in [0.15, 0.2) is 5.17 Å². The van der Waals surface area contributed by atoms with Gasteiger partial charge in [0.2, 0.25) is 5.91 Å². The van der Waals surface area contributed by atoms with E-state index >= 15 is 0 Å². The van der Waals surface area contributed by atoms with Gasteiger partial charge in [0.05, 0.1) is 12.2 Å². The number of amides is 1. The number of alkyl halides is 1. The van der Waals surface area contributed by atoms with Crippen LogP contribution >= 0.6 is 27.7 Å². The molecule has 0 aromatic heterocycles. The second-order valence-corrected chi connectivity index (χ2v) is 7.18. The maximum Gasteiger partial charge on any atom is 0.228 e. The Morgan fingerprint density at radius 1 is 1.37 bits per heavy atom. The minimum Gasteiger partial charge on any atom is -0.318 e. The van der Waals surface area contributed by atoms with Gasteiger partial charge in [0, 0.05) is 34.9 Å². The Morgan fingerprint density at radius 3 is 3.05 bits per heavy atom. The van der Waals surface area contributed by atoms with Crippen molar-refractivity contribution in [2.75, 3.05) is 29.4 Å². The van der Waals surface area contributed by atoms with E-state index in [-0.39, 0.29) is 10.7 Å². The van der Waals surface area contributed by atoms with Crippen LogP contribution in [0.4, 0.5) is 11.4 Å². The molecule has 0 bridgehead atoms. The third-order valence-electron chi connectivity index (χ3n) is 3.63. The maximum atomic E-state index is 12.0. The molecule has 3 aliphatic heterocycles. The Morgan fingerprint density at radius 2 is 2.26 bits per heavy atom. The van der Waals surface area contributed by atoms with Gasteiger partial charge >= 0.3 is 0 Å². The predicted molar refractivity (Wildman–Crippen MR) is 81.6 cm³/mol. The number of benzene rings is 1. The van der Waals surface area contributed by atoms with Crippen LogP contribution in [0.15, 0.2) is 28.1 Å². The average molecular weight is 338 g/mol. The summed E-state index contributed by atoms with van der Waals surface area (Å²) in [6.45, 7) is 2.58. The molecule has 4 nitrogen and oxygen atoms in total. The Hall–Kier alpha value is -1.01. The summed E-state index contributed by atoms with van der Waals surface area (Å²) in [4.78, 5) is 22.1. The van der Waals surface area contributed by atoms with Crippen molar-refractivity contribution in [1.29, 1.82) is 0 Å². The van der Waals surface area contributed by atoms with Gasteiger partial charge in [-0.3, -0.25) is 9.79 Å². The molecule has 0 radical (unpaired) electrons. The number of hydrogen-bond donors (Lipinski definition) is 0. The number of thioether (sulfide) groups is 1. The topological polar surface area (TPSA) is 35.9 Å². The minimum atomic E-state index is 0.197. The van der Waals surface area contributed by atoms with E-state index in [4.69, 9.17) is 0 Å². The van der Waals surface area contributed by atoms with Gasteiger partial charge in [-0.1, -0.05) is 15.9 Å². The van der Waals surface area contributed by atoms with E-state index in [1.54, 1.807) is 11.8 Å². The van der Waals surface area contributed by atoms with Crippen LogP contribution in [0.1, 0.15) is 6.42 Å². The van der Waals surface area contributed by atoms with E-state index < -0.39 is 0 Å². The number of halogens is 1. The fraction of sp³-hybridized carbons (Fsp3) is 0.385. The smallest absolute Gasteiger partial charge is 0.228 e. The highest BCUT2D eigenvalue weighted by Crippen LogP contribution is 2.44. The van der Waals surface area contributed by atoms with Crippen LogP contribution in [0.5, 0.6) is 0 Å².